The highest BCUT2D eigenvalue weighted by Crippen LogP contribution is 2.22. The van der Waals surface area contributed by atoms with E-state index in [1.807, 2.05) is 12.1 Å². The molecule has 1 aliphatic carbocycles. The van der Waals surface area contributed by atoms with Crippen molar-refractivity contribution in [1.82, 2.24) is 15.5 Å². The molecule has 2 fully saturated rings. The third-order valence-corrected chi connectivity index (χ3v) is 6.09. The molecule has 29 heavy (non-hydrogen) atoms. The summed E-state index contributed by atoms with van der Waals surface area (Å²) in [5, 5.41) is 7.24. The number of hydrogen-bond acceptors (Lipinski definition) is 4. The Bertz CT molecular complexity index is 594. The molecule has 1 saturated carbocycles. The molecule has 1 atom stereocenters. The molecule has 0 spiro atoms. The van der Waals surface area contributed by atoms with Crippen LogP contribution < -0.4 is 10.6 Å². The number of guanidine groups is 1. The summed E-state index contributed by atoms with van der Waals surface area (Å²) in [5.41, 5.74) is 0. The molecule has 2 N–H and O–H groups in total. The Morgan fingerprint density at radius 1 is 1.28 bits per heavy atom. The van der Waals surface area contributed by atoms with Gasteiger partial charge in [0.2, 0.25) is 0 Å². The van der Waals surface area contributed by atoms with Gasteiger partial charge in [0.1, 0.15) is 5.76 Å². The largest absolute Gasteiger partial charge is 0.469 e. The number of nitrogens with zero attached hydrogens (tertiary/aromatic N) is 2. The van der Waals surface area contributed by atoms with E-state index in [-0.39, 0.29) is 0 Å². The van der Waals surface area contributed by atoms with E-state index in [0.29, 0.717) is 24.3 Å². The minimum Gasteiger partial charge on any atom is -0.469 e. The molecule has 1 unspecified atom stereocenters. The molecule has 2 heterocycles. The Morgan fingerprint density at radius 3 is 2.79 bits per heavy atom. The highest BCUT2D eigenvalue weighted by atomic mass is 16.5. The standard InChI is InChI=1S/C23H40N4O2/c1-4-27-15-5-7-20(27)17-25-23(24-14-13-21-8-6-16-28-21)26-19-9-11-22(12-10-19)29-18(2)3/h6,8,16,18-20,22H,4-5,7,9-15,17H2,1-3H3,(H2,24,25,26). The van der Waals surface area contributed by atoms with Crippen LogP contribution in [-0.4, -0.2) is 61.3 Å². The molecule has 0 amide bonds. The van der Waals surface area contributed by atoms with Gasteiger partial charge in [0.05, 0.1) is 25.0 Å². The van der Waals surface area contributed by atoms with Crippen molar-refractivity contribution in [1.29, 1.82) is 0 Å². The van der Waals surface area contributed by atoms with Gasteiger partial charge in [-0.15, -0.1) is 0 Å². The van der Waals surface area contributed by atoms with Gasteiger partial charge in [-0.25, -0.2) is 0 Å². The zero-order chi connectivity index (χ0) is 20.5. The molecular weight excluding hydrogens is 364 g/mol. The average molecular weight is 405 g/mol. The number of ether oxygens (including phenoxy) is 1. The van der Waals surface area contributed by atoms with Gasteiger partial charge < -0.3 is 19.8 Å². The van der Waals surface area contributed by atoms with Gasteiger partial charge in [0, 0.05) is 25.0 Å². The summed E-state index contributed by atoms with van der Waals surface area (Å²) < 4.78 is 11.5. The molecule has 0 radical (unpaired) electrons. The fourth-order valence-corrected chi connectivity index (χ4v) is 4.55. The van der Waals surface area contributed by atoms with Crippen molar-refractivity contribution in [3.05, 3.63) is 24.2 Å². The van der Waals surface area contributed by atoms with Crippen molar-refractivity contribution in [3.63, 3.8) is 0 Å². The van der Waals surface area contributed by atoms with Crippen molar-refractivity contribution in [2.45, 2.75) is 90.0 Å². The predicted octanol–water partition coefficient (Wildman–Crippen LogP) is 3.58. The molecular formula is C23H40N4O2. The molecule has 2 aliphatic rings. The fourth-order valence-electron chi connectivity index (χ4n) is 4.55. The van der Waals surface area contributed by atoms with E-state index in [2.05, 4.69) is 36.3 Å². The maximum absolute atomic E-state index is 6.00. The number of nitrogens with one attached hydrogen (secondary N) is 2. The summed E-state index contributed by atoms with van der Waals surface area (Å²) in [6.07, 6.45) is 10.4. The van der Waals surface area contributed by atoms with Crippen LogP contribution in [0, 0.1) is 0 Å². The second kappa shape index (κ2) is 11.6. The van der Waals surface area contributed by atoms with Crippen molar-refractivity contribution in [2.75, 3.05) is 26.2 Å². The van der Waals surface area contributed by atoms with Crippen LogP contribution in [0.2, 0.25) is 0 Å². The van der Waals surface area contributed by atoms with E-state index < -0.39 is 0 Å². The number of aliphatic imine (C=N–C) groups is 1. The van der Waals surface area contributed by atoms with E-state index in [4.69, 9.17) is 14.1 Å². The van der Waals surface area contributed by atoms with Crippen molar-refractivity contribution in [3.8, 4) is 0 Å². The molecule has 164 valence electrons. The van der Waals surface area contributed by atoms with Crippen LogP contribution in [0.3, 0.4) is 0 Å². The third-order valence-electron chi connectivity index (χ3n) is 6.09. The molecule has 6 heteroatoms. The Balaban J connectivity index is 1.51. The Hall–Kier alpha value is -1.53. The van der Waals surface area contributed by atoms with Gasteiger partial charge in [-0.1, -0.05) is 6.92 Å². The number of rotatable bonds is 9. The number of hydrogen-bond donors (Lipinski definition) is 2. The van der Waals surface area contributed by atoms with E-state index in [0.717, 1.165) is 63.5 Å². The molecule has 0 bridgehead atoms. The Kier molecular flexibility index (Phi) is 8.87. The van der Waals surface area contributed by atoms with E-state index in [1.54, 1.807) is 6.26 Å². The number of likely N-dealkylation sites (N-methyl/N-ethyl adjacent to an activating group) is 1. The van der Waals surface area contributed by atoms with E-state index in [1.165, 1.54) is 19.4 Å². The van der Waals surface area contributed by atoms with Gasteiger partial charge in [0.15, 0.2) is 5.96 Å². The number of likely N-dealkylation sites (tertiary alicyclic amines) is 1. The lowest BCUT2D eigenvalue weighted by Gasteiger charge is -2.31. The fraction of sp³-hybridized carbons (Fsp3) is 0.783. The lowest BCUT2D eigenvalue weighted by Crippen LogP contribution is -2.46. The molecule has 3 rings (SSSR count). The first kappa shape index (κ1) is 22.2. The lowest BCUT2D eigenvalue weighted by molar-refractivity contribution is -0.0152. The van der Waals surface area contributed by atoms with Crippen LogP contribution in [0.4, 0.5) is 0 Å². The summed E-state index contributed by atoms with van der Waals surface area (Å²) >= 11 is 0. The smallest absolute Gasteiger partial charge is 0.191 e. The van der Waals surface area contributed by atoms with Gasteiger partial charge in [-0.05, 0) is 77.6 Å². The molecule has 0 aromatic carbocycles. The van der Waals surface area contributed by atoms with Crippen molar-refractivity contribution in [2.24, 2.45) is 4.99 Å². The zero-order valence-electron chi connectivity index (χ0n) is 18.5. The van der Waals surface area contributed by atoms with Crippen LogP contribution in [0.1, 0.15) is 65.1 Å². The molecule has 1 aromatic heterocycles. The normalized spacial score (nSPS) is 26.2. The summed E-state index contributed by atoms with van der Waals surface area (Å²) in [4.78, 5) is 7.53. The lowest BCUT2D eigenvalue weighted by atomic mass is 9.93. The second-order valence-electron chi connectivity index (χ2n) is 8.67. The predicted molar refractivity (Wildman–Crippen MR) is 118 cm³/mol. The quantitative estimate of drug-likeness (QED) is 0.487. The van der Waals surface area contributed by atoms with E-state index in [9.17, 15) is 0 Å². The third kappa shape index (κ3) is 7.34. The maximum Gasteiger partial charge on any atom is 0.191 e. The summed E-state index contributed by atoms with van der Waals surface area (Å²) in [7, 11) is 0. The first-order valence-corrected chi connectivity index (χ1v) is 11.6. The first-order valence-electron chi connectivity index (χ1n) is 11.6. The topological polar surface area (TPSA) is 62.0 Å². The highest BCUT2D eigenvalue weighted by molar-refractivity contribution is 5.80. The monoisotopic (exact) mass is 404 g/mol. The van der Waals surface area contributed by atoms with Crippen LogP contribution in [-0.2, 0) is 11.2 Å². The summed E-state index contributed by atoms with van der Waals surface area (Å²) in [6, 6.07) is 5.03. The minimum absolute atomic E-state index is 0.317. The summed E-state index contributed by atoms with van der Waals surface area (Å²) in [6.45, 7) is 10.5. The van der Waals surface area contributed by atoms with E-state index >= 15 is 0 Å². The van der Waals surface area contributed by atoms with Gasteiger partial charge >= 0.3 is 0 Å². The maximum atomic E-state index is 6.00. The van der Waals surface area contributed by atoms with Crippen LogP contribution in [0.15, 0.2) is 27.8 Å². The van der Waals surface area contributed by atoms with Gasteiger partial charge in [-0.3, -0.25) is 9.89 Å². The van der Waals surface area contributed by atoms with Gasteiger partial charge in [0.25, 0.3) is 0 Å². The SMILES string of the molecule is CCN1CCCC1CN=C(NCCc1ccco1)NC1CCC(OC(C)C)CC1. The Morgan fingerprint density at radius 2 is 2.10 bits per heavy atom. The molecule has 1 aliphatic heterocycles. The zero-order valence-corrected chi connectivity index (χ0v) is 18.5. The number of furan rings is 1. The molecule has 1 saturated heterocycles. The first-order chi connectivity index (χ1) is 14.1. The Labute approximate surface area is 176 Å². The van der Waals surface area contributed by atoms with Crippen LogP contribution in [0.5, 0.6) is 0 Å². The van der Waals surface area contributed by atoms with Crippen molar-refractivity contribution >= 4 is 5.96 Å². The average Bonchev–Trinajstić information content (AvgIpc) is 3.38. The highest BCUT2D eigenvalue weighted by Gasteiger charge is 2.25. The van der Waals surface area contributed by atoms with Gasteiger partial charge in [-0.2, -0.15) is 0 Å². The van der Waals surface area contributed by atoms with Crippen molar-refractivity contribution < 1.29 is 9.15 Å². The van der Waals surface area contributed by atoms with Crippen LogP contribution >= 0.6 is 0 Å². The minimum atomic E-state index is 0.317. The second-order valence-corrected chi connectivity index (χ2v) is 8.67. The molecule has 1 aromatic rings. The molecule has 6 nitrogen and oxygen atoms in total. The summed E-state index contributed by atoms with van der Waals surface area (Å²) in [5.74, 6) is 1.96. The van der Waals surface area contributed by atoms with Crippen LogP contribution in [0.25, 0.3) is 0 Å².